The van der Waals surface area contributed by atoms with Crippen LogP contribution in [0.4, 0.5) is 0 Å². The summed E-state index contributed by atoms with van der Waals surface area (Å²) in [5.41, 5.74) is 0. The molecule has 1 amide bonds. The van der Waals surface area contributed by atoms with Crippen LogP contribution in [0.3, 0.4) is 0 Å². The Morgan fingerprint density at radius 2 is 1.52 bits per heavy atom. The van der Waals surface area contributed by atoms with Crippen LogP contribution in [0.1, 0.15) is 27.7 Å². The molecule has 0 unspecified atom stereocenters. The molecule has 0 radical (unpaired) electrons. The van der Waals surface area contributed by atoms with E-state index in [0.717, 1.165) is 0 Å². The van der Waals surface area contributed by atoms with Gasteiger partial charge in [-0.2, -0.15) is 0 Å². The number of ether oxygens (including phenoxy) is 4. The minimum absolute atomic E-state index is 0.0960. The zero-order valence-corrected chi connectivity index (χ0v) is 16.5. The Labute approximate surface area is 152 Å². The summed E-state index contributed by atoms with van der Waals surface area (Å²) in [5, 5.41) is 2.25. The molecule has 1 fully saturated rings. The zero-order chi connectivity index (χ0) is 19.1. The van der Waals surface area contributed by atoms with E-state index >= 15 is 0 Å². The third-order valence-electron chi connectivity index (χ3n) is 3.30. The number of rotatable bonds is 6. The van der Waals surface area contributed by atoms with Crippen molar-refractivity contribution in [3.05, 3.63) is 0 Å². The Balaban J connectivity index is 3.18. The van der Waals surface area contributed by atoms with Crippen LogP contribution in [0.25, 0.3) is 0 Å². The van der Waals surface area contributed by atoms with Crippen molar-refractivity contribution in [1.29, 1.82) is 0 Å². The molecule has 0 bridgehead atoms. The van der Waals surface area contributed by atoms with Gasteiger partial charge in [0, 0.05) is 0 Å². The maximum atomic E-state index is 11.6. The SMILES string of the molecule is C[Se][C@@H]1O[C@H](COC(C)=O)[C@@H](OC(C)=O)[C@H](OC(C)=O)[C@H]1NC(C)=O. The molecule has 0 spiro atoms. The van der Waals surface area contributed by atoms with E-state index in [1.807, 2.05) is 5.82 Å². The van der Waals surface area contributed by atoms with Crippen molar-refractivity contribution in [2.75, 3.05) is 6.61 Å². The first-order chi connectivity index (χ1) is 11.6. The van der Waals surface area contributed by atoms with E-state index in [9.17, 15) is 19.2 Å². The first-order valence-corrected chi connectivity index (χ1v) is 10.3. The molecular weight excluding hydrogens is 401 g/mol. The molecule has 142 valence electrons. The van der Waals surface area contributed by atoms with Crippen molar-refractivity contribution < 1.29 is 38.1 Å². The van der Waals surface area contributed by atoms with Crippen LogP contribution in [-0.4, -0.2) is 74.7 Å². The van der Waals surface area contributed by atoms with E-state index in [2.05, 4.69) is 5.32 Å². The van der Waals surface area contributed by atoms with Crippen molar-refractivity contribution in [3.63, 3.8) is 0 Å². The van der Waals surface area contributed by atoms with Gasteiger partial charge in [-0.05, 0) is 0 Å². The molecule has 5 atom stereocenters. The second-order valence-corrected chi connectivity index (χ2v) is 7.42. The van der Waals surface area contributed by atoms with Gasteiger partial charge >= 0.3 is 152 Å². The van der Waals surface area contributed by atoms with Gasteiger partial charge in [0.05, 0.1) is 0 Å². The van der Waals surface area contributed by atoms with Gasteiger partial charge in [0.1, 0.15) is 0 Å². The van der Waals surface area contributed by atoms with Crippen molar-refractivity contribution in [1.82, 2.24) is 5.32 Å². The predicted octanol–water partition coefficient (Wildman–Crippen LogP) is -0.605. The van der Waals surface area contributed by atoms with Crippen LogP contribution in [0.15, 0.2) is 0 Å². The van der Waals surface area contributed by atoms with Crippen molar-refractivity contribution in [3.8, 4) is 0 Å². The fourth-order valence-corrected chi connectivity index (χ4v) is 4.11. The normalized spacial score (nSPS) is 28.6. The number of hydrogen-bond acceptors (Lipinski definition) is 8. The van der Waals surface area contributed by atoms with Crippen LogP contribution >= 0.6 is 0 Å². The summed E-state index contributed by atoms with van der Waals surface area (Å²) < 4.78 is 21.5. The molecule has 0 aromatic carbocycles. The Bertz CT molecular complexity index is 526. The molecule has 0 aromatic heterocycles. The van der Waals surface area contributed by atoms with E-state index in [0.29, 0.717) is 0 Å². The summed E-state index contributed by atoms with van der Waals surface area (Å²) in [6.45, 7) is 4.84. The average molecular weight is 424 g/mol. The number of nitrogens with one attached hydrogen (secondary N) is 1. The van der Waals surface area contributed by atoms with Crippen molar-refractivity contribution in [2.24, 2.45) is 0 Å². The van der Waals surface area contributed by atoms with Crippen LogP contribution in [0.2, 0.25) is 5.82 Å². The van der Waals surface area contributed by atoms with Crippen molar-refractivity contribution in [2.45, 2.75) is 62.9 Å². The van der Waals surface area contributed by atoms with Gasteiger partial charge in [-0.3, -0.25) is 0 Å². The molecule has 1 aliphatic heterocycles. The maximum absolute atomic E-state index is 11.6. The molecule has 0 saturated carbocycles. The van der Waals surface area contributed by atoms with Crippen LogP contribution < -0.4 is 5.32 Å². The molecule has 9 nitrogen and oxygen atoms in total. The summed E-state index contributed by atoms with van der Waals surface area (Å²) >= 11 is -0.0960. The molecular formula is C15H23NO8Se. The Hall–Kier alpha value is -1.64. The van der Waals surface area contributed by atoms with Gasteiger partial charge in [0.2, 0.25) is 0 Å². The monoisotopic (exact) mass is 425 g/mol. The van der Waals surface area contributed by atoms with E-state index in [-0.39, 0.29) is 27.5 Å². The summed E-state index contributed by atoms with van der Waals surface area (Å²) in [5.74, 6) is -0.155. The number of carbonyl (C=O) groups excluding carboxylic acids is 4. The first-order valence-electron chi connectivity index (χ1n) is 7.58. The molecule has 1 rings (SSSR count). The van der Waals surface area contributed by atoms with Crippen LogP contribution in [0, 0.1) is 0 Å². The van der Waals surface area contributed by atoms with E-state index in [1.54, 1.807) is 0 Å². The summed E-state index contributed by atoms with van der Waals surface area (Å²) in [6.07, 6.45) is -2.78. The number of esters is 3. The third-order valence-corrected chi connectivity index (χ3v) is 5.13. The predicted molar refractivity (Wildman–Crippen MR) is 85.6 cm³/mol. The Kier molecular flexibility index (Phi) is 8.34. The van der Waals surface area contributed by atoms with Gasteiger partial charge < -0.3 is 0 Å². The molecule has 1 heterocycles. The second-order valence-electron chi connectivity index (χ2n) is 5.46. The molecule has 1 aliphatic rings. The number of amides is 1. The fraction of sp³-hybridized carbons (Fsp3) is 0.733. The summed E-state index contributed by atoms with van der Waals surface area (Å²) in [6, 6.07) is -0.677. The van der Waals surface area contributed by atoms with Crippen molar-refractivity contribution >= 4 is 38.8 Å². The van der Waals surface area contributed by atoms with E-state index in [4.69, 9.17) is 18.9 Å². The summed E-state index contributed by atoms with van der Waals surface area (Å²) in [4.78, 5) is 45.7. The van der Waals surface area contributed by atoms with Crippen LogP contribution in [-0.2, 0) is 38.1 Å². The molecule has 0 aromatic rings. The topological polar surface area (TPSA) is 117 Å². The van der Waals surface area contributed by atoms with E-state index in [1.165, 1.54) is 27.7 Å². The first kappa shape index (κ1) is 21.4. The molecule has 25 heavy (non-hydrogen) atoms. The van der Waals surface area contributed by atoms with Gasteiger partial charge in [0.25, 0.3) is 0 Å². The van der Waals surface area contributed by atoms with E-state index < -0.39 is 47.3 Å². The number of carbonyl (C=O) groups is 4. The van der Waals surface area contributed by atoms with Crippen LogP contribution in [0.5, 0.6) is 0 Å². The molecule has 10 heteroatoms. The fourth-order valence-electron chi connectivity index (χ4n) is 2.49. The second kappa shape index (κ2) is 9.74. The quantitative estimate of drug-likeness (QED) is 0.341. The molecule has 1 N–H and O–H groups in total. The third kappa shape index (κ3) is 6.64. The van der Waals surface area contributed by atoms with Gasteiger partial charge in [0.15, 0.2) is 0 Å². The summed E-state index contributed by atoms with van der Waals surface area (Å²) in [7, 11) is 0. The van der Waals surface area contributed by atoms with Gasteiger partial charge in [-0.1, -0.05) is 0 Å². The average Bonchev–Trinajstić information content (AvgIpc) is 2.48. The zero-order valence-electron chi connectivity index (χ0n) is 14.8. The number of hydrogen-bond donors (Lipinski definition) is 1. The Morgan fingerprint density at radius 3 is 1.96 bits per heavy atom. The minimum atomic E-state index is -1.02. The van der Waals surface area contributed by atoms with Gasteiger partial charge in [-0.15, -0.1) is 0 Å². The molecule has 1 saturated heterocycles. The molecule has 0 aliphatic carbocycles. The Morgan fingerprint density at radius 1 is 0.960 bits per heavy atom. The van der Waals surface area contributed by atoms with Gasteiger partial charge in [-0.25, -0.2) is 0 Å². The standard InChI is InChI=1S/C15H23NO8Se/c1-7(17)16-12-14(23-10(4)20)13(22-9(3)19)11(6-21-8(2)18)24-15(12)25-5/h11-15H,6H2,1-5H3,(H,16,17)/t11-,12-,13-,14-,15+/m1/s1.